The summed E-state index contributed by atoms with van der Waals surface area (Å²) in [5, 5.41) is 0. The zero-order valence-corrected chi connectivity index (χ0v) is 45.6. The van der Waals surface area contributed by atoms with E-state index in [2.05, 4.69) is 25.7 Å². The van der Waals surface area contributed by atoms with Crippen LogP contribution in [-0.2, 0) is 46.4 Å². The number of carbonyl (C=O) groups is 5. The highest BCUT2D eigenvalue weighted by Gasteiger charge is 2.29. The van der Waals surface area contributed by atoms with E-state index in [1.54, 1.807) is 18.3 Å². The lowest BCUT2D eigenvalue weighted by Gasteiger charge is -2.27. The van der Waals surface area contributed by atoms with Crippen molar-refractivity contribution in [2.24, 2.45) is 5.92 Å². The van der Waals surface area contributed by atoms with E-state index in [9.17, 15) is 24.0 Å². The summed E-state index contributed by atoms with van der Waals surface area (Å²) in [7, 11) is 4.02. The number of hydrogen-bond donors (Lipinski definition) is 0. The molecule has 2 heterocycles. The molecule has 390 valence electrons. The zero-order valence-electron chi connectivity index (χ0n) is 44.8. The van der Waals surface area contributed by atoms with Crippen molar-refractivity contribution in [2.75, 3.05) is 47.0 Å². The molecule has 0 radical (unpaired) electrons. The standard InChI is InChI=1S/C36H62N2O5S.C18H34O3.C2H6/c1-6-8-10-12-13-16-21-30(20-15-11-9-7-2)35(40)42-26-18-14-17-22-33(39)38-25-23-31-32(28-38)44-29(3)34(31)36(41)43-27-19-24-37(4)5;1-3-4-5-6-7-10-13-16-21-18(20)15-12-9-8-11-14-17(2)19;1-2/h30H,6-28H2,1-5H3;3-16H2,1-2H3;1-2H3. The molecule has 2 rings (SSSR count). The minimum Gasteiger partial charge on any atom is -0.466 e. The van der Waals surface area contributed by atoms with Gasteiger partial charge in [0.2, 0.25) is 5.91 Å². The Balaban J connectivity index is 0.00000159. The molecule has 0 aromatic carbocycles. The van der Waals surface area contributed by atoms with Gasteiger partial charge in [-0.3, -0.25) is 14.4 Å². The molecule has 0 fully saturated rings. The summed E-state index contributed by atoms with van der Waals surface area (Å²) in [4.78, 5) is 67.0. The van der Waals surface area contributed by atoms with Gasteiger partial charge >= 0.3 is 17.9 Å². The first-order chi connectivity index (χ1) is 32.4. The summed E-state index contributed by atoms with van der Waals surface area (Å²) >= 11 is 1.61. The predicted molar refractivity (Wildman–Crippen MR) is 280 cm³/mol. The Hall–Kier alpha value is -2.79. The number of thiophene rings is 1. The fourth-order valence-corrected chi connectivity index (χ4v) is 9.55. The van der Waals surface area contributed by atoms with Gasteiger partial charge in [-0.1, -0.05) is 150 Å². The maximum Gasteiger partial charge on any atom is 0.339 e. The van der Waals surface area contributed by atoms with Crippen molar-refractivity contribution in [3.63, 3.8) is 0 Å². The molecule has 0 saturated carbocycles. The molecule has 10 nitrogen and oxygen atoms in total. The summed E-state index contributed by atoms with van der Waals surface area (Å²) < 4.78 is 16.5. The second-order valence-electron chi connectivity index (χ2n) is 18.8. The number of ketones is 1. The van der Waals surface area contributed by atoms with Crippen LogP contribution < -0.4 is 0 Å². The number of unbranched alkanes of at least 4 members (excludes halogenated alkanes) is 19. The Morgan fingerprint density at radius 3 is 1.66 bits per heavy atom. The summed E-state index contributed by atoms with van der Waals surface area (Å²) in [6, 6.07) is 0. The van der Waals surface area contributed by atoms with Gasteiger partial charge in [0.05, 0.1) is 37.8 Å². The monoisotopic (exact) mass is 963 g/mol. The van der Waals surface area contributed by atoms with E-state index in [0.29, 0.717) is 64.2 Å². The molecule has 0 aliphatic carbocycles. The van der Waals surface area contributed by atoms with Crippen LogP contribution >= 0.6 is 11.3 Å². The van der Waals surface area contributed by atoms with Gasteiger partial charge in [-0.15, -0.1) is 11.3 Å². The molecule has 11 heteroatoms. The number of esters is 3. The second-order valence-corrected chi connectivity index (χ2v) is 20.1. The Bertz CT molecular complexity index is 1410. The average molecular weight is 964 g/mol. The van der Waals surface area contributed by atoms with Crippen molar-refractivity contribution < 1.29 is 38.2 Å². The minimum absolute atomic E-state index is 0.0155. The first-order valence-electron chi connectivity index (χ1n) is 27.5. The number of aryl methyl sites for hydroxylation is 1. The van der Waals surface area contributed by atoms with Crippen molar-refractivity contribution in [3.05, 3.63) is 20.9 Å². The molecular formula is C56H102N2O8S. The molecule has 1 aliphatic rings. The lowest BCUT2D eigenvalue weighted by Crippen LogP contribution is -2.35. The topological polar surface area (TPSA) is 120 Å². The number of ether oxygens (including phenoxy) is 3. The third-order valence-electron chi connectivity index (χ3n) is 12.4. The maximum atomic E-state index is 13.0. The number of amides is 1. The first-order valence-corrected chi connectivity index (χ1v) is 28.3. The zero-order chi connectivity index (χ0) is 49.9. The Morgan fingerprint density at radius 1 is 0.597 bits per heavy atom. The quantitative estimate of drug-likeness (QED) is 0.0361. The van der Waals surface area contributed by atoms with Crippen molar-refractivity contribution in [1.82, 2.24) is 9.80 Å². The maximum absolute atomic E-state index is 13.0. The molecule has 1 aliphatic heterocycles. The van der Waals surface area contributed by atoms with Gasteiger partial charge in [0.25, 0.3) is 0 Å². The van der Waals surface area contributed by atoms with Crippen molar-refractivity contribution in [1.29, 1.82) is 0 Å². The third-order valence-corrected chi connectivity index (χ3v) is 13.5. The van der Waals surface area contributed by atoms with Gasteiger partial charge in [-0.2, -0.15) is 0 Å². The highest BCUT2D eigenvalue weighted by Crippen LogP contribution is 2.34. The minimum atomic E-state index is -0.232. The van der Waals surface area contributed by atoms with Crippen molar-refractivity contribution in [2.45, 2.75) is 254 Å². The molecule has 1 atom stereocenters. The van der Waals surface area contributed by atoms with Crippen LogP contribution in [0.1, 0.15) is 260 Å². The van der Waals surface area contributed by atoms with Gasteiger partial charge in [-0.05, 0) is 97.7 Å². The number of carbonyl (C=O) groups excluding carboxylic acids is 5. The van der Waals surface area contributed by atoms with E-state index < -0.39 is 0 Å². The largest absolute Gasteiger partial charge is 0.466 e. The Labute approximate surface area is 415 Å². The van der Waals surface area contributed by atoms with Gasteiger partial charge in [0, 0.05) is 42.1 Å². The van der Waals surface area contributed by atoms with Crippen LogP contribution in [0.2, 0.25) is 0 Å². The summed E-state index contributed by atoms with van der Waals surface area (Å²) in [5.41, 5.74) is 1.78. The van der Waals surface area contributed by atoms with Crippen LogP contribution in [0.4, 0.5) is 0 Å². The Morgan fingerprint density at radius 2 is 1.07 bits per heavy atom. The lowest BCUT2D eigenvalue weighted by molar-refractivity contribution is -0.149. The number of hydrogen-bond acceptors (Lipinski definition) is 10. The molecule has 0 bridgehead atoms. The van der Waals surface area contributed by atoms with E-state index in [-0.39, 0.29) is 35.5 Å². The van der Waals surface area contributed by atoms with Crippen LogP contribution in [0.15, 0.2) is 0 Å². The molecule has 0 saturated heterocycles. The number of nitrogens with zero attached hydrogens (tertiary/aromatic N) is 2. The average Bonchev–Trinajstić information content (AvgIpc) is 3.65. The van der Waals surface area contributed by atoms with Crippen molar-refractivity contribution >= 4 is 40.9 Å². The number of rotatable bonds is 39. The summed E-state index contributed by atoms with van der Waals surface area (Å²) in [6.07, 6.45) is 32.3. The lowest BCUT2D eigenvalue weighted by atomic mass is 9.94. The molecule has 1 aromatic heterocycles. The molecule has 67 heavy (non-hydrogen) atoms. The fraction of sp³-hybridized carbons (Fsp3) is 0.839. The fourth-order valence-electron chi connectivity index (χ4n) is 8.32. The van der Waals surface area contributed by atoms with Crippen LogP contribution in [0.3, 0.4) is 0 Å². The predicted octanol–water partition coefficient (Wildman–Crippen LogP) is 14.7. The summed E-state index contributed by atoms with van der Waals surface area (Å²) in [5.74, 6) is 0.145. The smallest absolute Gasteiger partial charge is 0.339 e. The third kappa shape index (κ3) is 34.2. The van der Waals surface area contributed by atoms with Crippen LogP contribution in [-0.4, -0.2) is 86.4 Å². The highest BCUT2D eigenvalue weighted by atomic mass is 32.1. The molecule has 0 N–H and O–H groups in total. The van der Waals surface area contributed by atoms with Crippen molar-refractivity contribution in [3.8, 4) is 0 Å². The van der Waals surface area contributed by atoms with Gasteiger partial charge in [0.1, 0.15) is 5.78 Å². The van der Waals surface area contributed by atoms with Crippen LogP contribution in [0.25, 0.3) is 0 Å². The number of fused-ring (bicyclic) bond motifs is 1. The molecule has 0 spiro atoms. The Kier molecular flexibility index (Phi) is 42.6. The van der Waals surface area contributed by atoms with Crippen LogP contribution in [0.5, 0.6) is 0 Å². The molecule has 1 amide bonds. The van der Waals surface area contributed by atoms with E-state index in [1.165, 1.54) is 89.9 Å². The number of Topliss-reactive ketones (excluding diaryl/α,β-unsaturated/α-hetero) is 1. The molecule has 1 aromatic rings. The van der Waals surface area contributed by atoms with E-state index in [0.717, 1.165) is 105 Å². The first kappa shape index (κ1) is 64.2. The SMILES string of the molecule is CC.CCCCCCCCC(CCCCCC)C(=O)OCCCCCC(=O)N1CCc2c(sc(C)c2C(=O)OCCCN(C)C)C1.CCCCCCCCCOC(=O)CCCCCCC(C)=O. The summed E-state index contributed by atoms with van der Waals surface area (Å²) in [6.45, 7) is 17.8. The molecule has 1 unspecified atom stereocenters. The van der Waals surface area contributed by atoms with Crippen LogP contribution in [0, 0.1) is 12.8 Å². The van der Waals surface area contributed by atoms with Gasteiger partial charge in [0.15, 0.2) is 0 Å². The van der Waals surface area contributed by atoms with Gasteiger partial charge < -0.3 is 28.8 Å². The van der Waals surface area contributed by atoms with Gasteiger partial charge in [-0.25, -0.2) is 4.79 Å². The molecular weight excluding hydrogens is 861 g/mol. The normalized spacial score (nSPS) is 12.4. The second kappa shape index (κ2) is 44.4. The van der Waals surface area contributed by atoms with E-state index in [1.807, 2.05) is 39.8 Å². The van der Waals surface area contributed by atoms with E-state index >= 15 is 0 Å². The highest BCUT2D eigenvalue weighted by molar-refractivity contribution is 7.12. The van der Waals surface area contributed by atoms with E-state index in [4.69, 9.17) is 14.2 Å².